The Kier molecular flexibility index (Phi) is 7.14. The number of non-ortho nitro benzene ring substituents is 1. The highest BCUT2D eigenvalue weighted by molar-refractivity contribution is 8.18. The van der Waals surface area contributed by atoms with Gasteiger partial charge in [0.2, 0.25) is 5.91 Å². The summed E-state index contributed by atoms with van der Waals surface area (Å²) >= 11 is 0.628. The second-order valence-corrected chi connectivity index (χ2v) is 9.33. The van der Waals surface area contributed by atoms with E-state index in [4.69, 9.17) is 0 Å². The van der Waals surface area contributed by atoms with Crippen molar-refractivity contribution in [1.82, 2.24) is 9.47 Å². The Bertz CT molecular complexity index is 1510. The summed E-state index contributed by atoms with van der Waals surface area (Å²) in [6.07, 6.45) is -3.10. The van der Waals surface area contributed by atoms with Crippen LogP contribution >= 0.6 is 11.8 Å². The van der Waals surface area contributed by atoms with Crippen LogP contribution in [0.4, 0.5) is 29.3 Å². The van der Waals surface area contributed by atoms with E-state index in [2.05, 4.69) is 5.32 Å². The Morgan fingerprint density at radius 2 is 1.82 bits per heavy atom. The van der Waals surface area contributed by atoms with Gasteiger partial charge in [0.1, 0.15) is 6.54 Å². The zero-order valence-electron chi connectivity index (χ0n) is 19.9. The molecule has 1 fully saturated rings. The minimum absolute atomic E-state index is 0.0566. The number of anilines is 1. The molecule has 0 saturated carbocycles. The van der Waals surface area contributed by atoms with Gasteiger partial charge in [0.05, 0.1) is 21.1 Å². The molecule has 13 heteroatoms. The van der Waals surface area contributed by atoms with Gasteiger partial charge < -0.3 is 9.88 Å². The van der Waals surface area contributed by atoms with Crippen molar-refractivity contribution >= 4 is 46.3 Å². The highest BCUT2D eigenvalue weighted by Gasteiger charge is 2.37. The van der Waals surface area contributed by atoms with Crippen LogP contribution < -0.4 is 5.32 Å². The monoisotopic (exact) mass is 544 g/mol. The van der Waals surface area contributed by atoms with E-state index in [1.165, 1.54) is 24.3 Å². The molecule has 0 atom stereocenters. The number of hydrogen-bond donors (Lipinski definition) is 1. The fourth-order valence-corrected chi connectivity index (χ4v) is 4.80. The number of carbonyl (C=O) groups is 3. The van der Waals surface area contributed by atoms with E-state index < -0.39 is 40.3 Å². The van der Waals surface area contributed by atoms with E-state index in [1.54, 1.807) is 36.6 Å². The van der Waals surface area contributed by atoms with Crippen LogP contribution in [0.15, 0.2) is 59.5 Å². The second kappa shape index (κ2) is 10.2. The predicted octanol–water partition coefficient (Wildman–Crippen LogP) is 5.70. The first-order valence-corrected chi connectivity index (χ1v) is 11.8. The van der Waals surface area contributed by atoms with Crippen LogP contribution in [0, 0.1) is 24.0 Å². The molecule has 3 amide bonds. The molecule has 2 aromatic carbocycles. The zero-order chi connectivity index (χ0) is 27.8. The molecule has 196 valence electrons. The number of rotatable bonds is 6. The maximum Gasteiger partial charge on any atom is 0.416 e. The van der Waals surface area contributed by atoms with Crippen LogP contribution in [-0.4, -0.2) is 38.0 Å². The van der Waals surface area contributed by atoms with Crippen molar-refractivity contribution < 1.29 is 32.5 Å². The average molecular weight is 545 g/mol. The van der Waals surface area contributed by atoms with Crippen molar-refractivity contribution in [2.75, 3.05) is 11.9 Å². The molecule has 4 rings (SSSR count). The van der Waals surface area contributed by atoms with Gasteiger partial charge in [0.15, 0.2) is 0 Å². The molecule has 1 aliphatic rings. The summed E-state index contributed by atoms with van der Waals surface area (Å²) in [6, 6.07) is 11.8. The van der Waals surface area contributed by atoms with Gasteiger partial charge in [-0.2, -0.15) is 13.2 Å². The van der Waals surface area contributed by atoms with Gasteiger partial charge in [-0.25, -0.2) is 0 Å². The number of amides is 3. The van der Waals surface area contributed by atoms with Crippen LogP contribution in [0.1, 0.15) is 22.5 Å². The molecule has 38 heavy (non-hydrogen) atoms. The number of nitrogens with zero attached hydrogens (tertiary/aromatic N) is 3. The number of hydrogen-bond acceptors (Lipinski definition) is 6. The van der Waals surface area contributed by atoms with E-state index in [1.807, 2.05) is 0 Å². The fraction of sp³-hybridized carbons (Fsp3) is 0.160. The Balaban J connectivity index is 1.52. The minimum atomic E-state index is -4.59. The summed E-state index contributed by atoms with van der Waals surface area (Å²) in [5, 5.41) is 12.7. The molecule has 1 aromatic heterocycles. The number of imide groups is 1. The average Bonchev–Trinajstić information content (AvgIpc) is 3.27. The van der Waals surface area contributed by atoms with Crippen LogP contribution in [0.5, 0.6) is 0 Å². The molecule has 0 unspecified atom stereocenters. The number of thioether (sulfide) groups is 1. The van der Waals surface area contributed by atoms with Crippen molar-refractivity contribution in [3.05, 3.63) is 92.1 Å². The molecular formula is C25H19F3N4O5S. The SMILES string of the molecule is Cc1cc(/C=C2\SC(=O)N(CC(=O)Nc3cccc(C(F)(F)F)c3)C2=O)c(C)n1-c1cccc([N+](=O)[O-])c1. The third-order valence-corrected chi connectivity index (χ3v) is 6.61. The highest BCUT2D eigenvalue weighted by atomic mass is 32.2. The van der Waals surface area contributed by atoms with Crippen LogP contribution in [0.2, 0.25) is 0 Å². The Morgan fingerprint density at radius 1 is 1.11 bits per heavy atom. The molecule has 0 radical (unpaired) electrons. The van der Waals surface area contributed by atoms with E-state index in [0.717, 1.165) is 23.9 Å². The molecule has 2 heterocycles. The van der Waals surface area contributed by atoms with Crippen LogP contribution in [-0.2, 0) is 15.8 Å². The van der Waals surface area contributed by atoms with Gasteiger partial charge in [-0.1, -0.05) is 12.1 Å². The molecule has 1 saturated heterocycles. The number of benzene rings is 2. The molecule has 1 N–H and O–H groups in total. The molecule has 0 aliphatic carbocycles. The number of aryl methyl sites for hydroxylation is 1. The van der Waals surface area contributed by atoms with Gasteiger partial charge >= 0.3 is 6.18 Å². The standard InChI is InChI=1S/C25H19F3N4O5S/c1-14-9-16(15(2)31(14)19-7-4-8-20(12-19)32(36)37)10-21-23(34)30(24(35)38-21)13-22(33)29-18-6-3-5-17(11-18)25(26,27)28/h3-12H,13H2,1-2H3,(H,29,33)/b21-10-. The van der Waals surface area contributed by atoms with Crippen molar-refractivity contribution in [3.8, 4) is 5.69 Å². The van der Waals surface area contributed by atoms with Crippen LogP contribution in [0.3, 0.4) is 0 Å². The smallest absolute Gasteiger partial charge is 0.325 e. The number of alkyl halides is 3. The number of nitrogens with one attached hydrogen (secondary N) is 1. The normalized spacial score (nSPS) is 14.9. The van der Waals surface area contributed by atoms with Gasteiger partial charge in [-0.15, -0.1) is 0 Å². The minimum Gasteiger partial charge on any atom is -0.325 e. The van der Waals surface area contributed by atoms with Gasteiger partial charge in [0, 0.05) is 29.2 Å². The third-order valence-electron chi connectivity index (χ3n) is 5.70. The van der Waals surface area contributed by atoms with Crippen LogP contribution in [0.25, 0.3) is 11.8 Å². The summed E-state index contributed by atoms with van der Waals surface area (Å²) < 4.78 is 40.5. The maximum absolute atomic E-state index is 12.9. The first-order chi connectivity index (χ1) is 17.8. The number of nitro groups is 1. The van der Waals surface area contributed by atoms with Gasteiger partial charge in [-0.05, 0) is 67.6 Å². The quantitative estimate of drug-likeness (QED) is 0.242. The van der Waals surface area contributed by atoms with E-state index >= 15 is 0 Å². The van der Waals surface area contributed by atoms with Crippen molar-refractivity contribution in [1.29, 1.82) is 0 Å². The highest BCUT2D eigenvalue weighted by Crippen LogP contribution is 2.34. The Hall–Kier alpha value is -4.39. The molecule has 1 aliphatic heterocycles. The predicted molar refractivity (Wildman–Crippen MR) is 135 cm³/mol. The summed E-state index contributed by atoms with van der Waals surface area (Å²) in [5.74, 6) is -1.56. The largest absolute Gasteiger partial charge is 0.416 e. The fourth-order valence-electron chi connectivity index (χ4n) is 3.97. The van der Waals surface area contributed by atoms with Crippen molar-refractivity contribution in [2.24, 2.45) is 0 Å². The molecule has 0 spiro atoms. The number of aromatic nitrogens is 1. The molecular weight excluding hydrogens is 525 g/mol. The lowest BCUT2D eigenvalue weighted by atomic mass is 10.2. The second-order valence-electron chi connectivity index (χ2n) is 8.33. The first-order valence-electron chi connectivity index (χ1n) is 11.0. The lowest BCUT2D eigenvalue weighted by Crippen LogP contribution is -2.36. The summed E-state index contributed by atoms with van der Waals surface area (Å²) in [7, 11) is 0. The lowest BCUT2D eigenvalue weighted by Gasteiger charge is -2.13. The Labute approximate surface area is 218 Å². The molecule has 0 bridgehead atoms. The molecule has 9 nitrogen and oxygen atoms in total. The lowest BCUT2D eigenvalue weighted by molar-refractivity contribution is -0.384. The summed E-state index contributed by atoms with van der Waals surface area (Å²) in [4.78, 5) is 49.2. The van der Waals surface area contributed by atoms with Crippen molar-refractivity contribution in [3.63, 3.8) is 0 Å². The van der Waals surface area contributed by atoms with Crippen molar-refractivity contribution in [2.45, 2.75) is 20.0 Å². The van der Waals surface area contributed by atoms with E-state index in [9.17, 15) is 37.7 Å². The first kappa shape index (κ1) is 26.7. The number of nitro benzene ring substituents is 1. The number of halogens is 3. The third kappa shape index (κ3) is 5.47. The zero-order valence-corrected chi connectivity index (χ0v) is 20.7. The topological polar surface area (TPSA) is 115 Å². The van der Waals surface area contributed by atoms with Gasteiger partial charge in [-0.3, -0.25) is 29.4 Å². The summed E-state index contributed by atoms with van der Waals surface area (Å²) in [6.45, 7) is 2.86. The Morgan fingerprint density at radius 3 is 2.50 bits per heavy atom. The summed E-state index contributed by atoms with van der Waals surface area (Å²) in [5.41, 5.74) is 1.38. The molecule has 3 aromatic rings. The number of carbonyl (C=O) groups excluding carboxylic acids is 3. The maximum atomic E-state index is 12.9. The van der Waals surface area contributed by atoms with Gasteiger partial charge in [0.25, 0.3) is 16.8 Å². The van der Waals surface area contributed by atoms with E-state index in [0.29, 0.717) is 33.6 Å². The van der Waals surface area contributed by atoms with E-state index in [-0.39, 0.29) is 16.3 Å².